The molecule has 1 aromatic rings. The van der Waals surface area contributed by atoms with Crippen molar-refractivity contribution in [3.63, 3.8) is 0 Å². The van der Waals surface area contributed by atoms with Gasteiger partial charge in [-0.3, -0.25) is 0 Å². The maximum absolute atomic E-state index is 9.41. The number of piperidine rings is 1. The standard InChI is InChI=1S/C13H16N2.2C2H6/c1-15-9-7-13(11-14,8-10-15)12-5-3-2-4-6-12;2*1-2/h2-6H,7-10H2,1H3;2*1-2H3. The number of hydrogen-bond acceptors (Lipinski definition) is 2. The fourth-order valence-corrected chi connectivity index (χ4v) is 2.22. The molecule has 0 saturated carbocycles. The number of benzene rings is 1. The SMILES string of the molecule is CC.CC.CN1CCC(C#N)(c2ccccc2)CC1. The van der Waals surface area contributed by atoms with Crippen LogP contribution in [-0.2, 0) is 5.41 Å². The van der Waals surface area contributed by atoms with Crippen LogP contribution in [0.2, 0.25) is 0 Å². The first-order chi connectivity index (χ1) is 9.27. The second-order valence-corrected chi connectivity index (χ2v) is 4.36. The number of nitrogens with zero attached hydrogens (tertiary/aromatic N) is 2. The lowest BCUT2D eigenvalue weighted by atomic mass is 9.74. The fraction of sp³-hybridized carbons (Fsp3) is 0.588. The number of hydrogen-bond donors (Lipinski definition) is 0. The van der Waals surface area contributed by atoms with Gasteiger partial charge in [-0.25, -0.2) is 0 Å². The summed E-state index contributed by atoms with van der Waals surface area (Å²) in [6.07, 6.45) is 1.90. The molecule has 2 heteroatoms. The normalized spacial score (nSPS) is 17.1. The van der Waals surface area contributed by atoms with Crippen LogP contribution in [0.5, 0.6) is 0 Å². The Morgan fingerprint density at radius 3 is 1.89 bits per heavy atom. The van der Waals surface area contributed by atoms with Crippen LogP contribution in [0.15, 0.2) is 30.3 Å². The van der Waals surface area contributed by atoms with Gasteiger partial charge in [-0.1, -0.05) is 58.0 Å². The predicted molar refractivity (Wildman–Crippen MR) is 83.2 cm³/mol. The number of rotatable bonds is 1. The van der Waals surface area contributed by atoms with Crippen LogP contribution in [0.4, 0.5) is 0 Å². The largest absolute Gasteiger partial charge is 0.306 e. The van der Waals surface area contributed by atoms with E-state index >= 15 is 0 Å². The van der Waals surface area contributed by atoms with E-state index in [0.29, 0.717) is 0 Å². The first-order valence-electron chi connectivity index (χ1n) is 7.42. The molecule has 1 aliphatic rings. The van der Waals surface area contributed by atoms with Gasteiger partial charge in [0.15, 0.2) is 0 Å². The van der Waals surface area contributed by atoms with Crippen molar-refractivity contribution in [2.75, 3.05) is 20.1 Å². The van der Waals surface area contributed by atoms with E-state index in [2.05, 4.69) is 30.1 Å². The van der Waals surface area contributed by atoms with E-state index < -0.39 is 0 Å². The van der Waals surface area contributed by atoms with Gasteiger partial charge >= 0.3 is 0 Å². The Morgan fingerprint density at radius 1 is 1.00 bits per heavy atom. The molecule has 0 atom stereocenters. The molecule has 0 spiro atoms. The molecular formula is C17H28N2. The second-order valence-electron chi connectivity index (χ2n) is 4.36. The molecule has 1 aliphatic heterocycles. The molecule has 1 heterocycles. The quantitative estimate of drug-likeness (QED) is 0.755. The summed E-state index contributed by atoms with van der Waals surface area (Å²) >= 11 is 0. The zero-order chi connectivity index (χ0) is 14.7. The Balaban J connectivity index is 0.000000741. The molecule has 0 N–H and O–H groups in total. The summed E-state index contributed by atoms with van der Waals surface area (Å²) in [4.78, 5) is 2.29. The van der Waals surface area contributed by atoms with E-state index in [1.807, 2.05) is 45.9 Å². The summed E-state index contributed by atoms with van der Waals surface area (Å²) in [5, 5.41) is 9.41. The molecule has 2 rings (SSSR count). The van der Waals surface area contributed by atoms with Crippen LogP contribution in [0.3, 0.4) is 0 Å². The maximum atomic E-state index is 9.41. The Bertz CT molecular complexity index is 357. The van der Waals surface area contributed by atoms with Crippen LogP contribution in [0, 0.1) is 11.3 Å². The highest BCUT2D eigenvalue weighted by atomic mass is 15.1. The molecular weight excluding hydrogens is 232 g/mol. The van der Waals surface area contributed by atoms with Crippen molar-refractivity contribution in [1.82, 2.24) is 4.90 Å². The third-order valence-corrected chi connectivity index (χ3v) is 3.38. The highest BCUT2D eigenvalue weighted by molar-refractivity contribution is 5.33. The molecule has 0 amide bonds. The minimum atomic E-state index is -0.242. The minimum Gasteiger partial charge on any atom is -0.306 e. The lowest BCUT2D eigenvalue weighted by Gasteiger charge is -2.35. The van der Waals surface area contributed by atoms with Crippen LogP contribution in [0.25, 0.3) is 0 Å². The molecule has 0 aliphatic carbocycles. The van der Waals surface area contributed by atoms with Gasteiger partial charge < -0.3 is 4.90 Å². The molecule has 1 aromatic carbocycles. The van der Waals surface area contributed by atoms with Gasteiger partial charge in [0, 0.05) is 0 Å². The van der Waals surface area contributed by atoms with E-state index in [4.69, 9.17) is 0 Å². The second kappa shape index (κ2) is 9.58. The van der Waals surface area contributed by atoms with Crippen molar-refractivity contribution in [3.05, 3.63) is 35.9 Å². The van der Waals surface area contributed by atoms with Gasteiger partial charge in [0.05, 0.1) is 11.5 Å². The third kappa shape index (κ3) is 4.69. The van der Waals surface area contributed by atoms with Crippen LogP contribution in [-0.4, -0.2) is 25.0 Å². The summed E-state index contributed by atoms with van der Waals surface area (Å²) < 4.78 is 0. The van der Waals surface area contributed by atoms with Crippen molar-refractivity contribution < 1.29 is 0 Å². The van der Waals surface area contributed by atoms with Gasteiger partial charge in [-0.05, 0) is 38.5 Å². The zero-order valence-corrected chi connectivity index (χ0v) is 13.1. The maximum Gasteiger partial charge on any atom is 0.0846 e. The van der Waals surface area contributed by atoms with E-state index in [9.17, 15) is 5.26 Å². The number of nitriles is 1. The van der Waals surface area contributed by atoms with E-state index in [1.165, 1.54) is 5.56 Å². The van der Waals surface area contributed by atoms with Gasteiger partial charge in [0.2, 0.25) is 0 Å². The molecule has 2 nitrogen and oxygen atoms in total. The topological polar surface area (TPSA) is 27.0 Å². The first kappa shape index (κ1) is 17.7. The van der Waals surface area contributed by atoms with E-state index in [1.54, 1.807) is 0 Å². The van der Waals surface area contributed by atoms with Crippen LogP contribution >= 0.6 is 0 Å². The highest BCUT2D eigenvalue weighted by Gasteiger charge is 2.35. The predicted octanol–water partition coefficient (Wildman–Crippen LogP) is 4.23. The minimum absolute atomic E-state index is 0.242. The Morgan fingerprint density at radius 2 is 1.47 bits per heavy atom. The molecule has 19 heavy (non-hydrogen) atoms. The average molecular weight is 260 g/mol. The van der Waals surface area contributed by atoms with Crippen molar-refractivity contribution in [2.45, 2.75) is 46.0 Å². The van der Waals surface area contributed by atoms with Crippen molar-refractivity contribution >= 4 is 0 Å². The zero-order valence-electron chi connectivity index (χ0n) is 13.1. The van der Waals surface area contributed by atoms with Crippen LogP contribution in [0.1, 0.15) is 46.1 Å². The smallest absolute Gasteiger partial charge is 0.0846 e. The lowest BCUT2D eigenvalue weighted by Crippen LogP contribution is -2.39. The Labute approximate surface area is 119 Å². The lowest BCUT2D eigenvalue weighted by molar-refractivity contribution is 0.222. The third-order valence-electron chi connectivity index (χ3n) is 3.38. The molecule has 1 fully saturated rings. The first-order valence-corrected chi connectivity index (χ1v) is 7.42. The molecule has 0 bridgehead atoms. The molecule has 0 aromatic heterocycles. The van der Waals surface area contributed by atoms with Gasteiger partial charge in [-0.2, -0.15) is 5.26 Å². The summed E-state index contributed by atoms with van der Waals surface area (Å²) in [6, 6.07) is 12.7. The Hall–Kier alpha value is -1.33. The van der Waals surface area contributed by atoms with Gasteiger partial charge in [0.1, 0.15) is 0 Å². The van der Waals surface area contributed by atoms with Crippen molar-refractivity contribution in [1.29, 1.82) is 5.26 Å². The van der Waals surface area contributed by atoms with Crippen molar-refractivity contribution in [2.24, 2.45) is 0 Å². The molecule has 1 saturated heterocycles. The summed E-state index contributed by atoms with van der Waals surface area (Å²) in [7, 11) is 2.12. The molecule has 106 valence electrons. The number of likely N-dealkylation sites (tertiary alicyclic amines) is 1. The molecule has 0 unspecified atom stereocenters. The summed E-state index contributed by atoms with van der Waals surface area (Å²) in [5.74, 6) is 0. The Kier molecular flexibility index (Phi) is 8.91. The van der Waals surface area contributed by atoms with Crippen LogP contribution < -0.4 is 0 Å². The molecule has 0 radical (unpaired) electrons. The van der Waals surface area contributed by atoms with Crippen molar-refractivity contribution in [3.8, 4) is 6.07 Å². The average Bonchev–Trinajstić information content (AvgIpc) is 2.53. The summed E-state index contributed by atoms with van der Waals surface area (Å²) in [6.45, 7) is 10.0. The van der Waals surface area contributed by atoms with E-state index in [0.717, 1.165) is 25.9 Å². The fourth-order valence-electron chi connectivity index (χ4n) is 2.22. The van der Waals surface area contributed by atoms with Gasteiger partial charge in [-0.15, -0.1) is 0 Å². The van der Waals surface area contributed by atoms with Gasteiger partial charge in [0.25, 0.3) is 0 Å². The highest BCUT2D eigenvalue weighted by Crippen LogP contribution is 2.34. The summed E-state index contributed by atoms with van der Waals surface area (Å²) in [5.41, 5.74) is 0.939. The monoisotopic (exact) mass is 260 g/mol. The van der Waals surface area contributed by atoms with E-state index in [-0.39, 0.29) is 5.41 Å².